The second-order valence-corrected chi connectivity index (χ2v) is 4.43. The molecule has 3 rings (SSSR count). The Balaban J connectivity index is 0. The van der Waals surface area contributed by atoms with Gasteiger partial charge in [0.25, 0.3) is 0 Å². The maximum absolute atomic E-state index is 9.15. The molecule has 6 heteroatoms. The minimum Gasteiger partial charge on any atom is -1.00 e. The number of halogens is 1. The molecule has 0 amide bonds. The molecule has 0 aliphatic carbocycles. The van der Waals surface area contributed by atoms with Crippen molar-refractivity contribution >= 4 is 23.1 Å². The molecule has 4 nitrogen and oxygen atoms in total. The van der Waals surface area contributed by atoms with Crippen LogP contribution in [0.4, 0.5) is 0 Å². The van der Waals surface area contributed by atoms with Crippen molar-refractivity contribution in [3.05, 3.63) is 32.2 Å². The molecule has 2 unspecified atom stereocenters. The number of hydrogen-bond donors (Lipinski definition) is 1. The summed E-state index contributed by atoms with van der Waals surface area (Å²) in [6.07, 6.45) is 4.90. The van der Waals surface area contributed by atoms with Crippen LogP contribution in [0.15, 0.2) is 25.3 Å². The number of hydrogen-bond acceptors (Lipinski definition) is 4. The summed E-state index contributed by atoms with van der Waals surface area (Å²) in [7, 11) is 0. The molecule has 1 N–H and O–H groups in total. The Bertz CT molecular complexity index is 258. The molecule has 3 aliphatic heterocycles. The number of rotatable bonds is 2. The number of aliphatic hydroxyl groups is 1. The van der Waals surface area contributed by atoms with Crippen molar-refractivity contribution < 1.29 is 36.3 Å². The van der Waals surface area contributed by atoms with E-state index >= 15 is 0 Å². The van der Waals surface area contributed by atoms with E-state index < -0.39 is 0 Å². The van der Waals surface area contributed by atoms with Gasteiger partial charge in [0.2, 0.25) is 0 Å². The number of epoxide rings is 1. The SMILES string of the molecule is C1OCC2OC12.C=CC[C@@H]1COC[C@H]1O.C=C[CH2-].[Br-].[Mg+2]. The van der Waals surface area contributed by atoms with Crippen molar-refractivity contribution in [1.82, 2.24) is 0 Å². The first-order valence-electron chi connectivity index (χ1n) is 6.23. The number of aliphatic hydroxyl groups excluding tert-OH is 1. The van der Waals surface area contributed by atoms with Crippen LogP contribution >= 0.6 is 0 Å². The Kier molecular flexibility index (Phi) is 14.9. The summed E-state index contributed by atoms with van der Waals surface area (Å²) >= 11 is 0. The van der Waals surface area contributed by atoms with Crippen molar-refractivity contribution in [2.24, 2.45) is 5.92 Å². The average molecular weight is 360 g/mol. The molecule has 3 aliphatic rings. The molecule has 3 heterocycles. The fraction of sp³-hybridized carbons (Fsp3) is 0.643. The molecular weight excluding hydrogens is 336 g/mol. The van der Waals surface area contributed by atoms with Crippen molar-refractivity contribution in [1.29, 1.82) is 0 Å². The fourth-order valence-electron chi connectivity index (χ4n) is 1.80. The zero-order valence-electron chi connectivity index (χ0n) is 11.9. The van der Waals surface area contributed by atoms with Crippen LogP contribution in [0, 0.1) is 12.8 Å². The topological polar surface area (TPSA) is 51.2 Å². The summed E-state index contributed by atoms with van der Waals surface area (Å²) in [5, 5.41) is 9.15. The summed E-state index contributed by atoms with van der Waals surface area (Å²) in [5.74, 6) is 0.294. The van der Waals surface area contributed by atoms with Gasteiger partial charge >= 0.3 is 23.1 Å². The predicted molar refractivity (Wildman–Crippen MR) is 75.9 cm³/mol. The Labute approximate surface area is 148 Å². The van der Waals surface area contributed by atoms with Gasteiger partial charge < -0.3 is 36.3 Å². The van der Waals surface area contributed by atoms with E-state index in [-0.39, 0.29) is 46.1 Å². The number of allylic oxidation sites excluding steroid dienone is 2. The van der Waals surface area contributed by atoms with E-state index in [1.165, 1.54) is 6.08 Å². The molecular formula is C14H23BrMgO4. The Morgan fingerprint density at radius 1 is 1.10 bits per heavy atom. The Morgan fingerprint density at radius 3 is 1.85 bits per heavy atom. The van der Waals surface area contributed by atoms with Crippen LogP contribution < -0.4 is 17.0 Å². The van der Waals surface area contributed by atoms with E-state index in [1.807, 2.05) is 6.08 Å². The second kappa shape index (κ2) is 13.1. The molecule has 4 atom stereocenters. The number of fused-ring (bicyclic) bond motifs is 1. The molecule has 3 fully saturated rings. The van der Waals surface area contributed by atoms with Crippen molar-refractivity contribution in [2.45, 2.75) is 24.7 Å². The monoisotopic (exact) mass is 358 g/mol. The molecule has 0 radical (unpaired) electrons. The van der Waals surface area contributed by atoms with Gasteiger partial charge in [0.15, 0.2) is 0 Å². The maximum Gasteiger partial charge on any atom is 2.00 e. The molecule has 0 aromatic carbocycles. The van der Waals surface area contributed by atoms with Crippen LogP contribution in [0.3, 0.4) is 0 Å². The molecule has 0 saturated carbocycles. The molecule has 0 spiro atoms. The van der Waals surface area contributed by atoms with Gasteiger partial charge in [-0.1, -0.05) is 6.08 Å². The average Bonchev–Trinajstić information content (AvgIpc) is 2.75. The van der Waals surface area contributed by atoms with Gasteiger partial charge in [-0.3, -0.25) is 0 Å². The third kappa shape index (κ3) is 8.66. The number of ether oxygens (including phenoxy) is 3. The van der Waals surface area contributed by atoms with Crippen LogP contribution in [0.1, 0.15) is 6.42 Å². The fourth-order valence-corrected chi connectivity index (χ4v) is 1.80. The van der Waals surface area contributed by atoms with E-state index in [0.717, 1.165) is 19.6 Å². The van der Waals surface area contributed by atoms with Gasteiger partial charge in [0, 0.05) is 5.92 Å². The summed E-state index contributed by atoms with van der Waals surface area (Å²) in [6.45, 7) is 13.0. The minimum atomic E-state index is -0.261. The minimum absolute atomic E-state index is 0. The van der Waals surface area contributed by atoms with Gasteiger partial charge in [-0.05, 0) is 6.42 Å². The zero-order chi connectivity index (χ0) is 13.4. The van der Waals surface area contributed by atoms with Gasteiger partial charge in [-0.25, -0.2) is 19.6 Å². The van der Waals surface area contributed by atoms with E-state index in [9.17, 15) is 0 Å². The third-order valence-corrected chi connectivity index (χ3v) is 2.89. The van der Waals surface area contributed by atoms with Crippen LogP contribution in [-0.4, -0.2) is 72.9 Å². The molecule has 0 bridgehead atoms. The Morgan fingerprint density at radius 2 is 1.60 bits per heavy atom. The Hall–Kier alpha value is 0.436. The van der Waals surface area contributed by atoms with Crippen LogP contribution in [0.5, 0.6) is 0 Å². The summed E-state index contributed by atoms with van der Waals surface area (Å²) < 4.78 is 15.0. The zero-order valence-corrected chi connectivity index (χ0v) is 14.9. The first-order valence-corrected chi connectivity index (χ1v) is 6.23. The quantitative estimate of drug-likeness (QED) is 0.268. The summed E-state index contributed by atoms with van der Waals surface area (Å²) in [5.41, 5.74) is 0. The smallest absolute Gasteiger partial charge is 1.00 e. The van der Waals surface area contributed by atoms with Gasteiger partial charge in [0.05, 0.1) is 32.5 Å². The summed E-state index contributed by atoms with van der Waals surface area (Å²) in [4.78, 5) is 0. The second-order valence-electron chi connectivity index (χ2n) is 4.43. The normalized spacial score (nSPS) is 31.9. The molecule has 0 aromatic rings. The molecule has 0 aromatic heterocycles. The third-order valence-electron chi connectivity index (χ3n) is 2.89. The van der Waals surface area contributed by atoms with E-state index in [4.69, 9.17) is 19.3 Å². The van der Waals surface area contributed by atoms with Gasteiger partial charge in [-0.15, -0.1) is 6.58 Å². The van der Waals surface area contributed by atoms with Crippen molar-refractivity contribution in [2.75, 3.05) is 26.4 Å². The summed E-state index contributed by atoms with van der Waals surface area (Å²) in [6, 6.07) is 0. The van der Waals surface area contributed by atoms with Crippen LogP contribution in [0.25, 0.3) is 0 Å². The van der Waals surface area contributed by atoms with E-state index in [2.05, 4.69) is 20.1 Å². The van der Waals surface area contributed by atoms with Crippen molar-refractivity contribution in [3.8, 4) is 0 Å². The predicted octanol–water partition coefficient (Wildman–Crippen LogP) is -2.02. The van der Waals surface area contributed by atoms with Gasteiger partial charge in [0.1, 0.15) is 12.2 Å². The first-order chi connectivity index (χ1) is 8.72. The van der Waals surface area contributed by atoms with E-state index in [1.54, 1.807) is 0 Å². The van der Waals surface area contributed by atoms with Gasteiger partial charge in [-0.2, -0.15) is 0 Å². The molecule has 20 heavy (non-hydrogen) atoms. The van der Waals surface area contributed by atoms with Crippen LogP contribution in [-0.2, 0) is 14.2 Å². The largest absolute Gasteiger partial charge is 2.00 e. The molecule has 112 valence electrons. The van der Waals surface area contributed by atoms with E-state index in [0.29, 0.717) is 31.3 Å². The maximum atomic E-state index is 9.15. The first kappa shape index (κ1) is 22.7. The van der Waals surface area contributed by atoms with Crippen molar-refractivity contribution in [3.63, 3.8) is 0 Å². The van der Waals surface area contributed by atoms with Crippen LogP contribution in [0.2, 0.25) is 0 Å². The molecule has 3 saturated heterocycles. The standard InChI is InChI=1S/C7H12O2.C4H6O2.C3H5.BrH.Mg/c1-2-3-6-4-9-5-7(6)8;1-3-4(6-3)2-5-1;1-3-2;;/h2,6-8H,1,3-5H2;3-4H,1-2H2;3H,1-2H2;1H;/q;;-1;;+2/p-1/t6-,7-;;;;/m1..../s1.